The second-order valence-electron chi connectivity index (χ2n) is 7.70. The highest BCUT2D eigenvalue weighted by atomic mass is 32.1. The Kier molecular flexibility index (Phi) is 12.0. The molecule has 3 amide bonds. The first-order valence-electron chi connectivity index (χ1n) is 9.52. The summed E-state index contributed by atoms with van der Waals surface area (Å²) in [4.78, 5) is 59.2. The number of carbonyl (C=O) groups is 5. The predicted molar refractivity (Wildman–Crippen MR) is 112 cm³/mol. The molecule has 172 valence electrons. The summed E-state index contributed by atoms with van der Waals surface area (Å²) in [6, 6.07) is -4.68. The normalized spacial score (nSPS) is 15.1. The predicted octanol–water partition coefficient (Wildman–Crippen LogP) is -1.04. The van der Waals surface area contributed by atoms with E-state index in [0.717, 1.165) is 0 Å². The Morgan fingerprint density at radius 1 is 0.833 bits per heavy atom. The van der Waals surface area contributed by atoms with E-state index in [0.29, 0.717) is 0 Å². The molecule has 7 N–H and O–H groups in total. The van der Waals surface area contributed by atoms with Crippen LogP contribution in [-0.2, 0) is 24.0 Å². The molecule has 0 saturated heterocycles. The molecule has 0 saturated carbocycles. The molecule has 0 aromatic carbocycles. The molecule has 0 aromatic rings. The van der Waals surface area contributed by atoms with Gasteiger partial charge >= 0.3 is 11.9 Å². The van der Waals surface area contributed by atoms with Gasteiger partial charge in [-0.2, -0.15) is 12.6 Å². The van der Waals surface area contributed by atoms with Crippen LogP contribution >= 0.6 is 12.6 Å². The van der Waals surface area contributed by atoms with E-state index in [1.807, 2.05) is 13.8 Å². The van der Waals surface area contributed by atoms with Crippen molar-refractivity contribution in [3.8, 4) is 0 Å². The summed E-state index contributed by atoms with van der Waals surface area (Å²) < 4.78 is 0. The zero-order valence-electron chi connectivity index (χ0n) is 17.5. The number of nitrogens with one attached hydrogen (secondary N) is 3. The van der Waals surface area contributed by atoms with Crippen LogP contribution in [0.3, 0.4) is 0 Å². The molecule has 12 heteroatoms. The van der Waals surface area contributed by atoms with Crippen molar-refractivity contribution in [3.63, 3.8) is 0 Å². The number of hydrogen-bond acceptors (Lipinski definition) is 7. The highest BCUT2D eigenvalue weighted by molar-refractivity contribution is 7.80. The van der Waals surface area contributed by atoms with Gasteiger partial charge in [0.25, 0.3) is 0 Å². The molecule has 4 unspecified atom stereocenters. The fraction of sp³-hybridized carbons (Fsp3) is 0.722. The number of rotatable bonds is 13. The molecule has 0 rings (SSSR count). The lowest BCUT2D eigenvalue weighted by molar-refractivity contribution is -0.147. The average molecular weight is 449 g/mol. The van der Waals surface area contributed by atoms with E-state index in [1.165, 1.54) is 0 Å². The van der Waals surface area contributed by atoms with Crippen molar-refractivity contribution in [2.45, 2.75) is 64.7 Å². The lowest BCUT2D eigenvalue weighted by Crippen LogP contribution is -2.58. The maximum Gasteiger partial charge on any atom is 0.326 e. The first-order chi connectivity index (χ1) is 13.8. The van der Waals surface area contributed by atoms with Crippen molar-refractivity contribution in [2.24, 2.45) is 17.6 Å². The fourth-order valence-corrected chi connectivity index (χ4v) is 2.64. The monoisotopic (exact) mass is 448 g/mol. The SMILES string of the molecule is CC(C)CC(NC(=O)C(N)C(C)C)C(=O)NC(CS)C(=O)NC(CC(=O)O)C(=O)O. The molecule has 0 heterocycles. The zero-order chi connectivity index (χ0) is 23.6. The first kappa shape index (κ1) is 27.7. The Labute approximate surface area is 180 Å². The topological polar surface area (TPSA) is 188 Å². The summed E-state index contributed by atoms with van der Waals surface area (Å²) in [7, 11) is 0. The molecule has 0 aliphatic carbocycles. The molecule has 30 heavy (non-hydrogen) atoms. The van der Waals surface area contributed by atoms with E-state index in [9.17, 15) is 24.0 Å². The van der Waals surface area contributed by atoms with Crippen LogP contribution in [0.4, 0.5) is 0 Å². The first-order valence-corrected chi connectivity index (χ1v) is 10.1. The Morgan fingerprint density at radius 3 is 1.70 bits per heavy atom. The number of carbonyl (C=O) groups excluding carboxylic acids is 3. The lowest BCUT2D eigenvalue weighted by atomic mass is 10.0. The highest BCUT2D eigenvalue weighted by Gasteiger charge is 2.31. The van der Waals surface area contributed by atoms with Crippen LogP contribution in [0.5, 0.6) is 0 Å². The van der Waals surface area contributed by atoms with Crippen molar-refractivity contribution in [3.05, 3.63) is 0 Å². The molecule has 4 atom stereocenters. The van der Waals surface area contributed by atoms with Crippen molar-refractivity contribution in [2.75, 3.05) is 5.75 Å². The molecule has 0 aromatic heterocycles. The summed E-state index contributed by atoms with van der Waals surface area (Å²) in [6.45, 7) is 7.22. The Hall–Kier alpha value is -2.34. The largest absolute Gasteiger partial charge is 0.481 e. The summed E-state index contributed by atoms with van der Waals surface area (Å²) in [6.07, 6.45) is -0.548. The van der Waals surface area contributed by atoms with Gasteiger partial charge < -0.3 is 31.9 Å². The van der Waals surface area contributed by atoms with Crippen molar-refractivity contribution in [1.29, 1.82) is 0 Å². The fourth-order valence-electron chi connectivity index (χ4n) is 2.39. The molecule has 11 nitrogen and oxygen atoms in total. The number of amides is 3. The maximum atomic E-state index is 12.7. The van der Waals surface area contributed by atoms with E-state index < -0.39 is 60.2 Å². The molecule has 0 fully saturated rings. The van der Waals surface area contributed by atoms with Gasteiger partial charge in [-0.05, 0) is 18.3 Å². The number of aliphatic carboxylic acids is 2. The van der Waals surface area contributed by atoms with Crippen LogP contribution in [-0.4, -0.2) is 69.8 Å². The van der Waals surface area contributed by atoms with Gasteiger partial charge in [-0.15, -0.1) is 0 Å². The van der Waals surface area contributed by atoms with Gasteiger partial charge in [0.2, 0.25) is 17.7 Å². The third-order valence-electron chi connectivity index (χ3n) is 4.17. The summed E-state index contributed by atoms with van der Waals surface area (Å²) in [5.41, 5.74) is 5.81. The summed E-state index contributed by atoms with van der Waals surface area (Å²) in [5, 5.41) is 24.9. The van der Waals surface area contributed by atoms with Crippen LogP contribution < -0.4 is 21.7 Å². The van der Waals surface area contributed by atoms with Gasteiger partial charge in [0.1, 0.15) is 18.1 Å². The average Bonchev–Trinajstić information content (AvgIpc) is 2.62. The second-order valence-corrected chi connectivity index (χ2v) is 8.07. The van der Waals surface area contributed by atoms with Gasteiger partial charge in [-0.3, -0.25) is 19.2 Å². The van der Waals surface area contributed by atoms with E-state index in [-0.39, 0.29) is 24.0 Å². The van der Waals surface area contributed by atoms with Crippen LogP contribution in [0.2, 0.25) is 0 Å². The third kappa shape index (κ3) is 9.92. The second kappa shape index (κ2) is 13.1. The maximum absolute atomic E-state index is 12.7. The lowest BCUT2D eigenvalue weighted by Gasteiger charge is -2.25. The van der Waals surface area contributed by atoms with Gasteiger partial charge in [-0.25, -0.2) is 4.79 Å². The Bertz CT molecular complexity index is 642. The minimum absolute atomic E-state index is 0.0339. The molecule has 0 bridgehead atoms. The number of thiol groups is 1. The smallest absolute Gasteiger partial charge is 0.326 e. The van der Waals surface area contributed by atoms with E-state index in [1.54, 1.807) is 13.8 Å². The Balaban J connectivity index is 5.26. The van der Waals surface area contributed by atoms with Gasteiger partial charge in [-0.1, -0.05) is 27.7 Å². The number of carboxylic acid groups (broad SMARTS) is 2. The molecule has 0 aliphatic rings. The summed E-state index contributed by atoms with van der Waals surface area (Å²) >= 11 is 3.99. The summed E-state index contributed by atoms with van der Waals surface area (Å²) in [5.74, 6) is -5.29. The highest BCUT2D eigenvalue weighted by Crippen LogP contribution is 2.08. The standard InChI is InChI=1S/C18H32N4O7S/c1-8(2)5-10(20-17(27)14(19)9(3)4)15(25)22-12(7-30)16(26)21-11(18(28)29)6-13(23)24/h8-12,14,30H,5-7,19H2,1-4H3,(H,20,27)(H,21,26)(H,22,25)(H,23,24)(H,28,29). The van der Waals surface area contributed by atoms with Crippen LogP contribution in [0.1, 0.15) is 40.5 Å². The minimum Gasteiger partial charge on any atom is -0.481 e. The van der Waals surface area contributed by atoms with Crippen molar-refractivity contribution >= 4 is 42.3 Å². The van der Waals surface area contributed by atoms with Crippen molar-refractivity contribution < 1.29 is 34.2 Å². The van der Waals surface area contributed by atoms with Crippen LogP contribution in [0, 0.1) is 11.8 Å². The Morgan fingerprint density at radius 2 is 1.30 bits per heavy atom. The number of hydrogen-bond donors (Lipinski definition) is 7. The third-order valence-corrected chi connectivity index (χ3v) is 4.54. The number of carboxylic acids is 2. The molecular formula is C18H32N4O7S. The zero-order valence-corrected chi connectivity index (χ0v) is 18.4. The molecule has 0 spiro atoms. The quantitative estimate of drug-likeness (QED) is 0.174. The van der Waals surface area contributed by atoms with Gasteiger partial charge in [0.15, 0.2) is 0 Å². The molecule has 0 aliphatic heterocycles. The number of nitrogens with two attached hydrogens (primary N) is 1. The van der Waals surface area contributed by atoms with Crippen LogP contribution in [0.25, 0.3) is 0 Å². The minimum atomic E-state index is -1.66. The van der Waals surface area contributed by atoms with E-state index in [4.69, 9.17) is 15.9 Å². The van der Waals surface area contributed by atoms with E-state index in [2.05, 4.69) is 28.6 Å². The molecule has 0 radical (unpaired) electrons. The molecular weight excluding hydrogens is 416 g/mol. The van der Waals surface area contributed by atoms with E-state index >= 15 is 0 Å². The van der Waals surface area contributed by atoms with Crippen LogP contribution in [0.15, 0.2) is 0 Å². The van der Waals surface area contributed by atoms with Gasteiger partial charge in [0, 0.05) is 5.75 Å². The van der Waals surface area contributed by atoms with Crippen molar-refractivity contribution in [1.82, 2.24) is 16.0 Å². The van der Waals surface area contributed by atoms with Gasteiger partial charge in [0.05, 0.1) is 12.5 Å².